The predicted octanol–water partition coefficient (Wildman–Crippen LogP) is 3.84. The summed E-state index contributed by atoms with van der Waals surface area (Å²) < 4.78 is 10.5. The zero-order valence-electron chi connectivity index (χ0n) is 12.7. The van der Waals surface area contributed by atoms with E-state index in [2.05, 4.69) is 10.5 Å². The summed E-state index contributed by atoms with van der Waals surface area (Å²) in [6.45, 7) is 0.732. The molecular weight excluding hydrogens is 328 g/mol. The van der Waals surface area contributed by atoms with Crippen LogP contribution in [0.3, 0.4) is 0 Å². The van der Waals surface area contributed by atoms with Crippen molar-refractivity contribution in [2.45, 2.75) is 13.2 Å². The number of carbonyl (C=O) groups is 1. The molecule has 0 unspecified atom stereocenters. The average Bonchev–Trinajstić information content (AvgIpc) is 3.09. The summed E-state index contributed by atoms with van der Waals surface area (Å²) in [6, 6.07) is 18.4. The molecule has 5 nitrogen and oxygen atoms in total. The maximum absolute atomic E-state index is 12.0. The number of amides is 1. The van der Waals surface area contributed by atoms with Crippen molar-refractivity contribution >= 4 is 17.5 Å². The van der Waals surface area contributed by atoms with Gasteiger partial charge in [-0.3, -0.25) is 4.79 Å². The molecule has 0 spiro atoms. The van der Waals surface area contributed by atoms with Crippen molar-refractivity contribution in [1.82, 2.24) is 10.5 Å². The summed E-state index contributed by atoms with van der Waals surface area (Å²) in [5, 5.41) is 7.15. The second-order valence-electron chi connectivity index (χ2n) is 5.11. The Kier molecular flexibility index (Phi) is 5.13. The summed E-state index contributed by atoms with van der Waals surface area (Å²) in [5.41, 5.74) is 1.95. The number of nitrogens with zero attached hydrogens (tertiary/aromatic N) is 1. The maximum atomic E-state index is 12.0. The quantitative estimate of drug-likeness (QED) is 0.739. The number of carbonyl (C=O) groups excluding carboxylic acids is 1. The van der Waals surface area contributed by atoms with Crippen LogP contribution in [0.1, 0.15) is 21.7 Å². The van der Waals surface area contributed by atoms with Crippen molar-refractivity contribution < 1.29 is 14.1 Å². The highest BCUT2D eigenvalue weighted by molar-refractivity contribution is 6.30. The molecule has 2 aromatic carbocycles. The van der Waals surface area contributed by atoms with Gasteiger partial charge in [-0.1, -0.05) is 54.1 Å². The lowest BCUT2D eigenvalue weighted by Gasteiger charge is -2.02. The molecule has 1 aromatic heterocycles. The highest BCUT2D eigenvalue weighted by Crippen LogP contribution is 2.14. The molecule has 122 valence electrons. The van der Waals surface area contributed by atoms with Crippen LogP contribution < -0.4 is 10.1 Å². The predicted molar refractivity (Wildman–Crippen MR) is 89.9 cm³/mol. The van der Waals surface area contributed by atoms with Gasteiger partial charge in [0.2, 0.25) is 5.76 Å². The van der Waals surface area contributed by atoms with Gasteiger partial charge in [-0.05, 0) is 28.4 Å². The summed E-state index contributed by atoms with van der Waals surface area (Å²) in [7, 11) is 0. The fourth-order valence-corrected chi connectivity index (χ4v) is 2.16. The van der Waals surface area contributed by atoms with Crippen LogP contribution in [0.25, 0.3) is 0 Å². The molecule has 1 N–H and O–H groups in total. The van der Waals surface area contributed by atoms with Crippen molar-refractivity contribution in [1.29, 1.82) is 0 Å². The molecule has 0 saturated heterocycles. The van der Waals surface area contributed by atoms with Crippen LogP contribution in [-0.4, -0.2) is 11.1 Å². The lowest BCUT2D eigenvalue weighted by atomic mass is 10.2. The molecule has 0 fully saturated rings. The number of rotatable bonds is 6. The standard InChI is InChI=1S/C18H15ClN2O3/c19-15-8-6-13(7-9-15)11-20-18(22)16-10-17(21-24-16)23-12-14-4-2-1-3-5-14/h1-10H,11-12H2,(H,20,22). The monoisotopic (exact) mass is 342 g/mol. The number of hydrogen-bond acceptors (Lipinski definition) is 4. The van der Waals surface area contributed by atoms with Gasteiger partial charge in [-0.25, -0.2) is 0 Å². The lowest BCUT2D eigenvalue weighted by Crippen LogP contribution is -2.22. The minimum atomic E-state index is -0.355. The first-order valence-corrected chi connectivity index (χ1v) is 7.74. The van der Waals surface area contributed by atoms with Gasteiger partial charge in [-0.2, -0.15) is 0 Å². The third-order valence-electron chi connectivity index (χ3n) is 3.31. The fourth-order valence-electron chi connectivity index (χ4n) is 2.04. The van der Waals surface area contributed by atoms with Gasteiger partial charge < -0.3 is 14.6 Å². The van der Waals surface area contributed by atoms with E-state index in [1.807, 2.05) is 42.5 Å². The van der Waals surface area contributed by atoms with Gasteiger partial charge in [-0.15, -0.1) is 0 Å². The second kappa shape index (κ2) is 7.66. The van der Waals surface area contributed by atoms with Gasteiger partial charge in [0.1, 0.15) is 6.61 Å². The molecule has 3 rings (SSSR count). The molecule has 0 aliphatic heterocycles. The molecule has 3 aromatic rings. The van der Waals surface area contributed by atoms with E-state index < -0.39 is 0 Å². The van der Waals surface area contributed by atoms with Gasteiger partial charge in [0.25, 0.3) is 11.8 Å². The van der Waals surface area contributed by atoms with E-state index in [1.165, 1.54) is 6.07 Å². The van der Waals surface area contributed by atoms with Gasteiger partial charge >= 0.3 is 0 Å². The SMILES string of the molecule is O=C(NCc1ccc(Cl)cc1)c1cc(OCc2ccccc2)no1. The fraction of sp³-hybridized carbons (Fsp3) is 0.111. The molecule has 1 amide bonds. The van der Waals surface area contributed by atoms with Crippen LogP contribution in [0.15, 0.2) is 65.2 Å². The van der Waals surface area contributed by atoms with Crippen molar-refractivity contribution in [3.8, 4) is 5.88 Å². The lowest BCUT2D eigenvalue weighted by molar-refractivity contribution is 0.0913. The minimum Gasteiger partial charge on any atom is -0.471 e. The van der Waals surface area contributed by atoms with Crippen molar-refractivity contribution in [3.05, 3.63) is 82.6 Å². The zero-order chi connectivity index (χ0) is 16.8. The Bertz CT molecular complexity index is 801. The van der Waals surface area contributed by atoms with Crippen molar-refractivity contribution in [3.63, 3.8) is 0 Å². The Morgan fingerprint density at radius 2 is 1.83 bits per heavy atom. The molecule has 0 aliphatic rings. The molecule has 24 heavy (non-hydrogen) atoms. The Morgan fingerprint density at radius 3 is 2.58 bits per heavy atom. The average molecular weight is 343 g/mol. The third-order valence-corrected chi connectivity index (χ3v) is 3.56. The third kappa shape index (κ3) is 4.36. The van der Waals surface area contributed by atoms with Crippen LogP contribution >= 0.6 is 11.6 Å². The van der Waals surface area contributed by atoms with E-state index in [0.29, 0.717) is 18.2 Å². The van der Waals surface area contributed by atoms with E-state index in [9.17, 15) is 4.79 Å². The first-order valence-electron chi connectivity index (χ1n) is 7.37. The summed E-state index contributed by atoms with van der Waals surface area (Å²) in [6.07, 6.45) is 0. The van der Waals surface area contributed by atoms with E-state index in [0.717, 1.165) is 11.1 Å². The van der Waals surface area contributed by atoms with Crippen LogP contribution in [0.2, 0.25) is 5.02 Å². The molecule has 0 saturated carbocycles. The first kappa shape index (κ1) is 16.1. The van der Waals surface area contributed by atoms with Gasteiger partial charge in [0, 0.05) is 11.6 Å². The Morgan fingerprint density at radius 1 is 1.08 bits per heavy atom. The van der Waals surface area contributed by atoms with Gasteiger partial charge in [0.05, 0.1) is 6.07 Å². The van der Waals surface area contributed by atoms with E-state index >= 15 is 0 Å². The topological polar surface area (TPSA) is 64.4 Å². The maximum Gasteiger partial charge on any atom is 0.290 e. The molecular formula is C18H15ClN2O3. The van der Waals surface area contributed by atoms with Crippen LogP contribution in [0.4, 0.5) is 0 Å². The highest BCUT2D eigenvalue weighted by atomic mass is 35.5. The normalized spacial score (nSPS) is 10.4. The smallest absolute Gasteiger partial charge is 0.290 e. The van der Waals surface area contributed by atoms with Gasteiger partial charge in [0.15, 0.2) is 0 Å². The van der Waals surface area contributed by atoms with Crippen LogP contribution in [-0.2, 0) is 13.2 Å². The first-order chi connectivity index (χ1) is 11.7. The number of halogens is 1. The molecule has 0 bridgehead atoms. The number of hydrogen-bond donors (Lipinski definition) is 1. The summed E-state index contributed by atoms with van der Waals surface area (Å²) >= 11 is 5.82. The zero-order valence-corrected chi connectivity index (χ0v) is 13.5. The Balaban J connectivity index is 1.52. The largest absolute Gasteiger partial charge is 0.471 e. The highest BCUT2D eigenvalue weighted by Gasteiger charge is 2.13. The van der Waals surface area contributed by atoms with Crippen LogP contribution in [0.5, 0.6) is 5.88 Å². The summed E-state index contributed by atoms with van der Waals surface area (Å²) in [5.74, 6) is 0.0227. The molecule has 0 radical (unpaired) electrons. The van der Waals surface area contributed by atoms with E-state index in [1.54, 1.807) is 12.1 Å². The minimum absolute atomic E-state index is 0.104. The number of benzene rings is 2. The molecule has 0 atom stereocenters. The van der Waals surface area contributed by atoms with E-state index in [-0.39, 0.29) is 17.5 Å². The molecule has 0 aliphatic carbocycles. The Hall–Kier alpha value is -2.79. The molecule has 6 heteroatoms. The molecule has 1 heterocycles. The van der Waals surface area contributed by atoms with Crippen molar-refractivity contribution in [2.24, 2.45) is 0 Å². The second-order valence-corrected chi connectivity index (χ2v) is 5.55. The van der Waals surface area contributed by atoms with Crippen molar-refractivity contribution in [2.75, 3.05) is 0 Å². The van der Waals surface area contributed by atoms with Crippen LogP contribution in [0, 0.1) is 0 Å². The number of aromatic nitrogens is 1. The number of ether oxygens (including phenoxy) is 1. The summed E-state index contributed by atoms with van der Waals surface area (Å²) in [4.78, 5) is 12.0. The van der Waals surface area contributed by atoms with E-state index in [4.69, 9.17) is 20.9 Å². The Labute approximate surface area is 144 Å². The number of nitrogens with one attached hydrogen (secondary N) is 1.